The Morgan fingerprint density at radius 1 is 1.15 bits per heavy atom. The van der Waals surface area contributed by atoms with Gasteiger partial charge in [-0.15, -0.1) is 0 Å². The maximum Gasteiger partial charge on any atom is 0.254 e. The summed E-state index contributed by atoms with van der Waals surface area (Å²) in [6.45, 7) is 2.95. The fourth-order valence-corrected chi connectivity index (χ4v) is 3.82. The summed E-state index contributed by atoms with van der Waals surface area (Å²) in [5, 5.41) is 4.06. The summed E-state index contributed by atoms with van der Waals surface area (Å²) in [6.07, 6.45) is 7.05. The second-order valence-electron chi connectivity index (χ2n) is 7.51. The van der Waals surface area contributed by atoms with Crippen molar-refractivity contribution >= 4 is 16.8 Å². The predicted octanol–water partition coefficient (Wildman–Crippen LogP) is 5.39. The van der Waals surface area contributed by atoms with E-state index in [0.717, 1.165) is 55.1 Å². The molecule has 1 fully saturated rings. The molecule has 140 valence electrons. The fourth-order valence-electron chi connectivity index (χ4n) is 3.82. The van der Waals surface area contributed by atoms with Gasteiger partial charge in [0.15, 0.2) is 0 Å². The number of amides is 1. The number of rotatable bonds is 7. The monoisotopic (exact) mass is 364 g/mol. The number of fused-ring (bicyclic) bond motifs is 1. The van der Waals surface area contributed by atoms with Gasteiger partial charge in [-0.3, -0.25) is 4.79 Å². The van der Waals surface area contributed by atoms with E-state index >= 15 is 0 Å². The number of aryl methyl sites for hydroxylation is 1. The number of hydrogen-bond acceptors (Lipinski definition) is 1. The lowest BCUT2D eigenvalue weighted by molar-refractivity contribution is 0.0932. The van der Waals surface area contributed by atoms with Crippen molar-refractivity contribution in [2.75, 3.05) is 0 Å². The van der Waals surface area contributed by atoms with Crippen LogP contribution in [0.15, 0.2) is 54.7 Å². The highest BCUT2D eigenvalue weighted by Crippen LogP contribution is 2.45. The number of nitrogens with zero attached hydrogens (tertiary/aromatic N) is 1. The molecule has 0 radical (unpaired) electrons. The minimum atomic E-state index is -0.271. The molecule has 1 heterocycles. The van der Waals surface area contributed by atoms with E-state index in [4.69, 9.17) is 0 Å². The van der Waals surface area contributed by atoms with Crippen LogP contribution >= 0.6 is 0 Å². The highest BCUT2D eigenvalue weighted by Gasteiger charge is 2.45. The lowest BCUT2D eigenvalue weighted by Gasteiger charge is -2.17. The van der Waals surface area contributed by atoms with E-state index in [1.54, 1.807) is 6.07 Å². The number of carbonyl (C=O) groups excluding carboxylic acids is 1. The molecule has 1 saturated carbocycles. The van der Waals surface area contributed by atoms with Crippen LogP contribution in [0.1, 0.15) is 54.9 Å². The summed E-state index contributed by atoms with van der Waals surface area (Å²) in [5.74, 6) is -0.352. The fraction of sp³-hybridized carbons (Fsp3) is 0.348. The van der Waals surface area contributed by atoms with Crippen LogP contribution in [-0.2, 0) is 12.1 Å². The van der Waals surface area contributed by atoms with Crippen LogP contribution in [0, 0.1) is 5.82 Å². The van der Waals surface area contributed by atoms with E-state index < -0.39 is 0 Å². The van der Waals surface area contributed by atoms with E-state index in [0.29, 0.717) is 5.56 Å². The molecule has 0 unspecified atom stereocenters. The van der Waals surface area contributed by atoms with Gasteiger partial charge >= 0.3 is 0 Å². The molecule has 3 aromatic rings. The molecule has 0 spiro atoms. The maximum atomic E-state index is 13.8. The van der Waals surface area contributed by atoms with Crippen molar-refractivity contribution in [3.05, 3.63) is 71.7 Å². The average molecular weight is 364 g/mol. The highest BCUT2D eigenvalue weighted by molar-refractivity contribution is 6.07. The van der Waals surface area contributed by atoms with E-state index in [9.17, 15) is 9.18 Å². The predicted molar refractivity (Wildman–Crippen MR) is 106 cm³/mol. The number of aromatic nitrogens is 1. The van der Waals surface area contributed by atoms with Crippen molar-refractivity contribution in [1.29, 1.82) is 0 Å². The quantitative estimate of drug-likeness (QED) is 0.560. The lowest BCUT2D eigenvalue weighted by Crippen LogP contribution is -2.34. The molecular formula is C23H25FN2O. The largest absolute Gasteiger partial charge is 0.347 e. The number of unbranched alkanes of at least 4 members (excludes halogenated alkanes) is 2. The number of carbonyl (C=O) groups is 1. The number of benzene rings is 2. The molecule has 0 saturated heterocycles. The molecule has 0 bridgehead atoms. The number of nitrogens with one attached hydrogen (secondary N) is 1. The summed E-state index contributed by atoms with van der Waals surface area (Å²) in [5.41, 5.74) is 2.32. The normalized spacial score (nSPS) is 15.0. The first-order valence-electron chi connectivity index (χ1n) is 9.79. The first-order valence-corrected chi connectivity index (χ1v) is 9.79. The summed E-state index contributed by atoms with van der Waals surface area (Å²) in [7, 11) is 0. The average Bonchev–Trinajstić information content (AvgIpc) is 3.38. The van der Waals surface area contributed by atoms with Gasteiger partial charge in [0, 0.05) is 18.1 Å². The lowest BCUT2D eigenvalue weighted by atomic mass is 10.0. The number of hydrogen-bond donors (Lipinski definition) is 1. The Kier molecular flexibility index (Phi) is 4.73. The van der Waals surface area contributed by atoms with Crippen molar-refractivity contribution in [3.63, 3.8) is 0 Å². The molecule has 27 heavy (non-hydrogen) atoms. The number of halogens is 1. The first kappa shape index (κ1) is 17.8. The molecule has 1 amide bonds. The minimum Gasteiger partial charge on any atom is -0.347 e. The molecule has 1 aliphatic rings. The van der Waals surface area contributed by atoms with Crippen LogP contribution in [-0.4, -0.2) is 10.5 Å². The van der Waals surface area contributed by atoms with Gasteiger partial charge in [0.2, 0.25) is 0 Å². The van der Waals surface area contributed by atoms with Gasteiger partial charge in [-0.25, -0.2) is 4.39 Å². The SMILES string of the molecule is CCCCCn1cc(C(=O)NC2(c3ccccc3)CC2)c2ccc(F)cc21. The van der Waals surface area contributed by atoms with Crippen LogP contribution in [0.2, 0.25) is 0 Å². The second-order valence-corrected chi connectivity index (χ2v) is 7.51. The van der Waals surface area contributed by atoms with Crippen LogP contribution in [0.25, 0.3) is 10.9 Å². The third-order valence-corrected chi connectivity index (χ3v) is 5.52. The van der Waals surface area contributed by atoms with Crippen molar-refractivity contribution in [2.45, 2.75) is 51.1 Å². The van der Waals surface area contributed by atoms with Gasteiger partial charge in [0.05, 0.1) is 16.6 Å². The molecule has 2 aromatic carbocycles. The van der Waals surface area contributed by atoms with Crippen LogP contribution < -0.4 is 5.32 Å². The molecule has 3 nitrogen and oxygen atoms in total. The molecule has 0 aliphatic heterocycles. The molecule has 4 heteroatoms. The summed E-state index contributed by atoms with van der Waals surface area (Å²) in [4.78, 5) is 13.1. The maximum absolute atomic E-state index is 13.8. The Labute approximate surface area is 159 Å². The zero-order valence-electron chi connectivity index (χ0n) is 15.7. The molecular weight excluding hydrogens is 339 g/mol. The van der Waals surface area contributed by atoms with Gasteiger partial charge in [-0.05, 0) is 43.0 Å². The second kappa shape index (κ2) is 7.18. The van der Waals surface area contributed by atoms with Gasteiger partial charge in [0.25, 0.3) is 5.91 Å². The Bertz CT molecular complexity index is 957. The Hall–Kier alpha value is -2.62. The molecule has 4 rings (SSSR count). The van der Waals surface area contributed by atoms with Gasteiger partial charge < -0.3 is 9.88 Å². The third kappa shape index (κ3) is 3.48. The zero-order chi connectivity index (χ0) is 18.9. The van der Waals surface area contributed by atoms with Crippen LogP contribution in [0.4, 0.5) is 4.39 Å². The molecule has 1 aliphatic carbocycles. The van der Waals surface area contributed by atoms with Crippen molar-refractivity contribution in [1.82, 2.24) is 9.88 Å². The van der Waals surface area contributed by atoms with Crippen molar-refractivity contribution < 1.29 is 9.18 Å². The third-order valence-electron chi connectivity index (χ3n) is 5.52. The van der Waals surface area contributed by atoms with Crippen LogP contribution in [0.3, 0.4) is 0 Å². The standard InChI is InChI=1S/C23H25FN2O/c1-2-3-7-14-26-16-20(19-11-10-18(24)15-21(19)26)22(27)25-23(12-13-23)17-8-5-4-6-9-17/h4-6,8-11,15-16H,2-3,7,12-14H2,1H3,(H,25,27). The van der Waals surface area contributed by atoms with E-state index in [-0.39, 0.29) is 17.3 Å². The van der Waals surface area contributed by atoms with Gasteiger partial charge in [-0.1, -0.05) is 50.1 Å². The Morgan fingerprint density at radius 3 is 2.63 bits per heavy atom. The van der Waals surface area contributed by atoms with Crippen molar-refractivity contribution in [2.24, 2.45) is 0 Å². The van der Waals surface area contributed by atoms with Crippen LogP contribution in [0.5, 0.6) is 0 Å². The summed E-state index contributed by atoms with van der Waals surface area (Å²) >= 11 is 0. The molecule has 1 aromatic heterocycles. The Balaban J connectivity index is 1.64. The summed E-state index contributed by atoms with van der Waals surface area (Å²) in [6, 6.07) is 14.8. The first-order chi connectivity index (χ1) is 13.1. The molecule has 1 N–H and O–H groups in total. The van der Waals surface area contributed by atoms with Gasteiger partial charge in [-0.2, -0.15) is 0 Å². The molecule has 0 atom stereocenters. The Morgan fingerprint density at radius 2 is 1.93 bits per heavy atom. The topological polar surface area (TPSA) is 34.0 Å². The summed E-state index contributed by atoms with van der Waals surface area (Å²) < 4.78 is 15.8. The van der Waals surface area contributed by atoms with E-state index in [1.165, 1.54) is 12.1 Å². The minimum absolute atomic E-state index is 0.0813. The van der Waals surface area contributed by atoms with Crippen molar-refractivity contribution in [3.8, 4) is 0 Å². The highest BCUT2D eigenvalue weighted by atomic mass is 19.1. The zero-order valence-corrected chi connectivity index (χ0v) is 15.7. The smallest absolute Gasteiger partial charge is 0.254 e. The van der Waals surface area contributed by atoms with E-state index in [1.807, 2.05) is 29.0 Å². The van der Waals surface area contributed by atoms with E-state index in [2.05, 4.69) is 24.4 Å². The van der Waals surface area contributed by atoms with Gasteiger partial charge in [0.1, 0.15) is 5.82 Å².